The van der Waals surface area contributed by atoms with E-state index in [9.17, 15) is 4.79 Å². The highest BCUT2D eigenvalue weighted by Crippen LogP contribution is 2.30. The second kappa shape index (κ2) is 6.79. The zero-order valence-electron chi connectivity index (χ0n) is 12.4. The Kier molecular flexibility index (Phi) is 4.82. The molecule has 0 aliphatic carbocycles. The Balaban J connectivity index is 2.42. The van der Waals surface area contributed by atoms with Crippen molar-refractivity contribution in [3.63, 3.8) is 0 Å². The van der Waals surface area contributed by atoms with E-state index in [-0.39, 0.29) is 5.97 Å². The number of esters is 1. The predicted octanol–water partition coefficient (Wildman–Crippen LogP) is 3.55. The molecule has 2 rings (SSSR count). The van der Waals surface area contributed by atoms with Gasteiger partial charge in [-0.1, -0.05) is 12.1 Å². The summed E-state index contributed by atoms with van der Waals surface area (Å²) in [5.74, 6) is 1.07. The van der Waals surface area contributed by atoms with Crippen LogP contribution in [-0.4, -0.2) is 26.8 Å². The smallest absolute Gasteiger partial charge is 0.338 e. The first kappa shape index (κ1) is 14.9. The van der Waals surface area contributed by atoms with E-state index < -0.39 is 0 Å². The first-order valence-electron chi connectivity index (χ1n) is 6.68. The Morgan fingerprint density at radius 1 is 0.952 bits per heavy atom. The summed E-state index contributed by atoms with van der Waals surface area (Å²) in [7, 11) is 3.21. The van der Waals surface area contributed by atoms with Crippen molar-refractivity contribution in [3.05, 3.63) is 48.0 Å². The average molecular weight is 286 g/mol. The molecule has 2 aromatic carbocycles. The molecule has 0 saturated carbocycles. The Labute approximate surface area is 124 Å². The van der Waals surface area contributed by atoms with Gasteiger partial charge < -0.3 is 14.2 Å². The van der Waals surface area contributed by atoms with E-state index in [1.807, 2.05) is 24.3 Å². The molecule has 0 aliphatic rings. The maximum absolute atomic E-state index is 11.8. The first-order chi connectivity index (χ1) is 10.2. The van der Waals surface area contributed by atoms with Crippen LogP contribution in [0.3, 0.4) is 0 Å². The highest BCUT2D eigenvalue weighted by Gasteiger charge is 2.09. The summed E-state index contributed by atoms with van der Waals surface area (Å²) >= 11 is 0. The SMILES string of the molecule is CCOC(=O)c1cccc(-c2cc(OC)cc(OC)c2)c1. The first-order valence-corrected chi connectivity index (χ1v) is 6.68. The molecule has 0 radical (unpaired) electrons. The number of methoxy groups -OCH3 is 2. The molecule has 4 nitrogen and oxygen atoms in total. The molecular formula is C17H18O4. The fourth-order valence-electron chi connectivity index (χ4n) is 2.01. The standard InChI is InChI=1S/C17H18O4/c1-4-21-17(18)13-7-5-6-12(8-13)14-9-15(19-2)11-16(10-14)20-3/h5-11H,4H2,1-3H3. The highest BCUT2D eigenvalue weighted by atomic mass is 16.5. The van der Waals surface area contributed by atoms with Gasteiger partial charge in [-0.15, -0.1) is 0 Å². The highest BCUT2D eigenvalue weighted by molar-refractivity contribution is 5.91. The van der Waals surface area contributed by atoms with Crippen LogP contribution in [0.25, 0.3) is 11.1 Å². The van der Waals surface area contributed by atoms with Crippen molar-refractivity contribution < 1.29 is 19.0 Å². The predicted molar refractivity (Wildman–Crippen MR) is 80.9 cm³/mol. The number of ether oxygens (including phenoxy) is 3. The van der Waals surface area contributed by atoms with Gasteiger partial charge in [0, 0.05) is 6.07 Å². The van der Waals surface area contributed by atoms with Crippen LogP contribution in [0.5, 0.6) is 11.5 Å². The molecule has 0 spiro atoms. The molecule has 0 fully saturated rings. The minimum Gasteiger partial charge on any atom is -0.497 e. The molecule has 2 aromatic rings. The van der Waals surface area contributed by atoms with Crippen LogP contribution in [0.15, 0.2) is 42.5 Å². The molecule has 21 heavy (non-hydrogen) atoms. The van der Waals surface area contributed by atoms with Gasteiger partial charge in [0.1, 0.15) is 11.5 Å². The summed E-state index contributed by atoms with van der Waals surface area (Å²) in [6, 6.07) is 12.9. The minimum atomic E-state index is -0.325. The molecule has 4 heteroatoms. The molecule has 110 valence electrons. The van der Waals surface area contributed by atoms with Crippen LogP contribution in [0.2, 0.25) is 0 Å². The number of benzene rings is 2. The van der Waals surface area contributed by atoms with Crippen LogP contribution >= 0.6 is 0 Å². The molecule has 0 amide bonds. The monoisotopic (exact) mass is 286 g/mol. The van der Waals surface area contributed by atoms with Crippen LogP contribution in [0.4, 0.5) is 0 Å². The maximum Gasteiger partial charge on any atom is 0.338 e. The van der Waals surface area contributed by atoms with Gasteiger partial charge in [-0.2, -0.15) is 0 Å². The lowest BCUT2D eigenvalue weighted by molar-refractivity contribution is 0.0526. The van der Waals surface area contributed by atoms with Gasteiger partial charge in [0.25, 0.3) is 0 Å². The lowest BCUT2D eigenvalue weighted by Gasteiger charge is -2.09. The lowest BCUT2D eigenvalue weighted by Crippen LogP contribution is -2.04. The summed E-state index contributed by atoms with van der Waals surface area (Å²) in [6.45, 7) is 2.14. The van der Waals surface area contributed by atoms with E-state index in [2.05, 4.69) is 0 Å². The fourth-order valence-corrected chi connectivity index (χ4v) is 2.01. The Morgan fingerprint density at radius 3 is 2.19 bits per heavy atom. The van der Waals surface area contributed by atoms with Crippen molar-refractivity contribution in [1.29, 1.82) is 0 Å². The van der Waals surface area contributed by atoms with E-state index in [1.54, 1.807) is 39.3 Å². The molecule has 0 saturated heterocycles. The Morgan fingerprint density at radius 2 is 1.62 bits per heavy atom. The molecular weight excluding hydrogens is 268 g/mol. The van der Waals surface area contributed by atoms with Crippen molar-refractivity contribution >= 4 is 5.97 Å². The van der Waals surface area contributed by atoms with Gasteiger partial charge in [0.2, 0.25) is 0 Å². The van der Waals surface area contributed by atoms with Gasteiger partial charge in [0.15, 0.2) is 0 Å². The summed E-state index contributed by atoms with van der Waals surface area (Å²) in [5.41, 5.74) is 2.34. The van der Waals surface area contributed by atoms with Crippen molar-refractivity contribution in [1.82, 2.24) is 0 Å². The van der Waals surface area contributed by atoms with Gasteiger partial charge >= 0.3 is 5.97 Å². The van der Waals surface area contributed by atoms with Crippen LogP contribution in [0, 0.1) is 0 Å². The molecule has 0 N–H and O–H groups in total. The van der Waals surface area contributed by atoms with Crippen molar-refractivity contribution in [3.8, 4) is 22.6 Å². The zero-order valence-corrected chi connectivity index (χ0v) is 12.4. The quantitative estimate of drug-likeness (QED) is 0.788. The van der Waals surface area contributed by atoms with E-state index >= 15 is 0 Å². The summed E-state index contributed by atoms with van der Waals surface area (Å²) in [6.07, 6.45) is 0. The number of carbonyl (C=O) groups is 1. The van der Waals surface area contributed by atoms with Crippen LogP contribution in [-0.2, 0) is 4.74 Å². The van der Waals surface area contributed by atoms with E-state index in [4.69, 9.17) is 14.2 Å². The van der Waals surface area contributed by atoms with Crippen molar-refractivity contribution in [2.24, 2.45) is 0 Å². The van der Waals surface area contributed by atoms with Gasteiger partial charge in [-0.3, -0.25) is 0 Å². The van der Waals surface area contributed by atoms with Gasteiger partial charge in [0.05, 0.1) is 26.4 Å². The van der Waals surface area contributed by atoms with Crippen LogP contribution < -0.4 is 9.47 Å². The number of carbonyl (C=O) groups excluding carboxylic acids is 1. The Bertz CT molecular complexity index is 612. The normalized spacial score (nSPS) is 10.0. The van der Waals surface area contributed by atoms with Crippen molar-refractivity contribution in [2.75, 3.05) is 20.8 Å². The topological polar surface area (TPSA) is 44.8 Å². The second-order valence-corrected chi connectivity index (χ2v) is 4.40. The fraction of sp³-hybridized carbons (Fsp3) is 0.235. The van der Waals surface area contributed by atoms with E-state index in [0.29, 0.717) is 23.7 Å². The third-order valence-electron chi connectivity index (χ3n) is 3.06. The second-order valence-electron chi connectivity index (χ2n) is 4.40. The largest absolute Gasteiger partial charge is 0.497 e. The molecule has 0 aromatic heterocycles. The average Bonchev–Trinajstić information content (AvgIpc) is 2.54. The van der Waals surface area contributed by atoms with Gasteiger partial charge in [-0.25, -0.2) is 4.79 Å². The van der Waals surface area contributed by atoms with Crippen LogP contribution in [0.1, 0.15) is 17.3 Å². The number of rotatable bonds is 5. The molecule has 0 unspecified atom stereocenters. The molecule has 0 aliphatic heterocycles. The molecule has 0 heterocycles. The van der Waals surface area contributed by atoms with E-state index in [1.165, 1.54) is 0 Å². The van der Waals surface area contributed by atoms with Gasteiger partial charge in [-0.05, 0) is 42.3 Å². The number of hydrogen-bond donors (Lipinski definition) is 0. The third-order valence-corrected chi connectivity index (χ3v) is 3.06. The summed E-state index contributed by atoms with van der Waals surface area (Å²) in [5, 5.41) is 0. The zero-order chi connectivity index (χ0) is 15.2. The minimum absolute atomic E-state index is 0.325. The van der Waals surface area contributed by atoms with Crippen molar-refractivity contribution in [2.45, 2.75) is 6.92 Å². The third kappa shape index (κ3) is 3.54. The Hall–Kier alpha value is -2.49. The van der Waals surface area contributed by atoms with E-state index in [0.717, 1.165) is 11.1 Å². The summed E-state index contributed by atoms with van der Waals surface area (Å²) < 4.78 is 15.5. The summed E-state index contributed by atoms with van der Waals surface area (Å²) in [4.78, 5) is 11.8. The molecule has 0 bridgehead atoms. The molecule has 0 atom stereocenters. The maximum atomic E-state index is 11.8. The number of hydrogen-bond acceptors (Lipinski definition) is 4. The lowest BCUT2D eigenvalue weighted by atomic mass is 10.0.